The van der Waals surface area contributed by atoms with Crippen molar-refractivity contribution < 1.29 is 19.1 Å². The van der Waals surface area contributed by atoms with Crippen LogP contribution in [0.3, 0.4) is 0 Å². The molecule has 2 amide bonds. The highest BCUT2D eigenvalue weighted by Gasteiger charge is 2.24. The summed E-state index contributed by atoms with van der Waals surface area (Å²) in [5.41, 5.74) is 1.90. The number of ether oxygens (including phenoxy) is 1. The van der Waals surface area contributed by atoms with E-state index in [0.717, 1.165) is 10.5 Å². The Hall–Kier alpha value is -2.80. The first-order valence-electron chi connectivity index (χ1n) is 9.47. The Labute approximate surface area is 174 Å². The molecule has 7 heteroatoms. The average molecular weight is 413 g/mol. The zero-order valence-corrected chi connectivity index (χ0v) is 17.5. The molecular formula is C22H24N2O4S. The maximum atomic E-state index is 12.6. The maximum Gasteiger partial charge on any atom is 0.338 e. The van der Waals surface area contributed by atoms with E-state index in [0.29, 0.717) is 17.8 Å². The molecule has 0 aliphatic carbocycles. The summed E-state index contributed by atoms with van der Waals surface area (Å²) in [5, 5.41) is 2.61. The van der Waals surface area contributed by atoms with Gasteiger partial charge in [0.1, 0.15) is 0 Å². The number of rotatable bonds is 6. The van der Waals surface area contributed by atoms with Crippen molar-refractivity contribution in [2.75, 3.05) is 11.9 Å². The van der Waals surface area contributed by atoms with E-state index < -0.39 is 5.97 Å². The predicted octanol–water partition coefficient (Wildman–Crippen LogP) is 3.71. The fraction of sp³-hybridized carbons (Fsp3) is 0.318. The van der Waals surface area contributed by atoms with Crippen LogP contribution in [0.25, 0.3) is 0 Å². The quantitative estimate of drug-likeness (QED) is 0.732. The lowest BCUT2D eigenvalue weighted by Crippen LogP contribution is -2.39. The lowest BCUT2D eigenvalue weighted by Gasteiger charge is -2.26. The number of carbonyl (C=O) groups excluding carboxylic acids is 3. The molecule has 0 fully saturated rings. The molecule has 2 aromatic carbocycles. The van der Waals surface area contributed by atoms with Gasteiger partial charge in [-0.05, 0) is 44.5 Å². The van der Waals surface area contributed by atoms with Crippen molar-refractivity contribution in [3.05, 3.63) is 59.7 Å². The summed E-state index contributed by atoms with van der Waals surface area (Å²) >= 11 is 1.44. The number of nitrogens with zero attached hydrogens (tertiary/aromatic N) is 1. The Morgan fingerprint density at radius 3 is 2.59 bits per heavy atom. The van der Waals surface area contributed by atoms with Gasteiger partial charge in [0.05, 0.1) is 16.5 Å². The number of hydrogen-bond acceptors (Lipinski definition) is 5. The minimum absolute atomic E-state index is 0.0284. The third-order valence-corrected chi connectivity index (χ3v) is 5.79. The maximum absolute atomic E-state index is 12.6. The van der Waals surface area contributed by atoms with Crippen LogP contribution in [0.2, 0.25) is 0 Å². The molecule has 2 aromatic rings. The van der Waals surface area contributed by atoms with Crippen molar-refractivity contribution in [1.82, 2.24) is 4.90 Å². The normalized spacial score (nSPS) is 15.4. The minimum Gasteiger partial charge on any atom is -0.452 e. The number of fused-ring (bicyclic) bond motifs is 1. The third kappa shape index (κ3) is 5.17. The van der Waals surface area contributed by atoms with Gasteiger partial charge >= 0.3 is 5.97 Å². The van der Waals surface area contributed by atoms with E-state index in [4.69, 9.17) is 4.74 Å². The number of anilines is 1. The van der Waals surface area contributed by atoms with Crippen LogP contribution in [0, 0.1) is 0 Å². The molecule has 1 aliphatic heterocycles. The number of thioether (sulfide) groups is 1. The topological polar surface area (TPSA) is 75.7 Å². The van der Waals surface area contributed by atoms with E-state index >= 15 is 0 Å². The van der Waals surface area contributed by atoms with Crippen molar-refractivity contribution in [2.45, 2.75) is 43.5 Å². The van der Waals surface area contributed by atoms with Gasteiger partial charge in [-0.1, -0.05) is 30.3 Å². The summed E-state index contributed by atoms with van der Waals surface area (Å²) in [7, 11) is 0. The van der Waals surface area contributed by atoms with Gasteiger partial charge in [0.15, 0.2) is 6.61 Å². The molecule has 6 nitrogen and oxygen atoms in total. The predicted molar refractivity (Wildman–Crippen MR) is 113 cm³/mol. The summed E-state index contributed by atoms with van der Waals surface area (Å²) in [6, 6.07) is 14.7. The van der Waals surface area contributed by atoms with Crippen LogP contribution in [0.5, 0.6) is 0 Å². The molecule has 1 N–H and O–H groups in total. The van der Waals surface area contributed by atoms with Gasteiger partial charge in [-0.3, -0.25) is 9.59 Å². The van der Waals surface area contributed by atoms with Gasteiger partial charge in [0, 0.05) is 17.5 Å². The first-order chi connectivity index (χ1) is 13.8. The molecule has 3 rings (SSSR count). The summed E-state index contributed by atoms with van der Waals surface area (Å²) in [6.07, 6.45) is 0. The summed E-state index contributed by atoms with van der Waals surface area (Å²) < 4.78 is 5.25. The molecule has 0 spiro atoms. The minimum atomic E-state index is -0.595. The van der Waals surface area contributed by atoms with Crippen LogP contribution in [-0.2, 0) is 20.9 Å². The lowest BCUT2D eigenvalue weighted by molar-refractivity contribution is -0.137. The van der Waals surface area contributed by atoms with E-state index in [-0.39, 0.29) is 29.7 Å². The Morgan fingerprint density at radius 1 is 1.17 bits per heavy atom. The second-order valence-corrected chi connectivity index (χ2v) is 8.52. The van der Waals surface area contributed by atoms with E-state index in [9.17, 15) is 14.4 Å². The lowest BCUT2D eigenvalue weighted by atomic mass is 10.2. The van der Waals surface area contributed by atoms with Crippen molar-refractivity contribution in [2.24, 2.45) is 0 Å². The molecule has 0 bridgehead atoms. The van der Waals surface area contributed by atoms with E-state index in [1.165, 1.54) is 11.8 Å². The first kappa shape index (κ1) is 20.9. The number of amides is 2. The van der Waals surface area contributed by atoms with Crippen molar-refractivity contribution in [1.29, 1.82) is 0 Å². The highest BCUT2D eigenvalue weighted by Crippen LogP contribution is 2.36. The molecule has 0 radical (unpaired) electrons. The molecule has 0 unspecified atom stereocenters. The molecule has 1 atom stereocenters. The molecule has 1 heterocycles. The zero-order valence-electron chi connectivity index (χ0n) is 16.7. The molecular weight excluding hydrogens is 388 g/mol. The summed E-state index contributed by atoms with van der Waals surface area (Å²) in [5.74, 6) is -0.952. The molecule has 152 valence electrons. The Morgan fingerprint density at radius 2 is 1.90 bits per heavy atom. The van der Waals surface area contributed by atoms with Gasteiger partial charge in [-0.2, -0.15) is 0 Å². The van der Waals surface area contributed by atoms with E-state index in [1.54, 1.807) is 23.1 Å². The molecule has 1 aliphatic rings. The summed E-state index contributed by atoms with van der Waals surface area (Å²) in [6.45, 7) is 5.79. The smallest absolute Gasteiger partial charge is 0.338 e. The van der Waals surface area contributed by atoms with Gasteiger partial charge in [-0.15, -0.1) is 11.8 Å². The van der Waals surface area contributed by atoms with Gasteiger partial charge in [0.25, 0.3) is 5.91 Å². The van der Waals surface area contributed by atoms with E-state index in [1.807, 2.05) is 51.1 Å². The molecule has 0 saturated heterocycles. The molecule has 29 heavy (non-hydrogen) atoms. The first-order valence-corrected chi connectivity index (χ1v) is 10.3. The van der Waals surface area contributed by atoms with Gasteiger partial charge in [0.2, 0.25) is 5.91 Å². The highest BCUT2D eigenvalue weighted by atomic mass is 32.2. The van der Waals surface area contributed by atoms with Crippen LogP contribution < -0.4 is 5.32 Å². The number of nitrogens with one attached hydrogen (secondary N) is 1. The molecule has 0 aromatic heterocycles. The average Bonchev–Trinajstić information content (AvgIpc) is 2.71. The monoisotopic (exact) mass is 412 g/mol. The van der Waals surface area contributed by atoms with E-state index in [2.05, 4.69) is 5.32 Å². The van der Waals surface area contributed by atoms with Crippen LogP contribution >= 0.6 is 11.8 Å². The largest absolute Gasteiger partial charge is 0.452 e. The highest BCUT2D eigenvalue weighted by molar-refractivity contribution is 8.00. The van der Waals surface area contributed by atoms with Crippen LogP contribution in [0.15, 0.2) is 53.4 Å². The number of carbonyl (C=O) groups is 3. The number of benzene rings is 2. The Bertz CT molecular complexity index is 914. The van der Waals surface area contributed by atoms with Crippen molar-refractivity contribution in [3.63, 3.8) is 0 Å². The van der Waals surface area contributed by atoms with Crippen LogP contribution in [0.4, 0.5) is 5.69 Å². The Balaban J connectivity index is 1.62. The molecule has 0 saturated carbocycles. The van der Waals surface area contributed by atoms with Crippen LogP contribution in [-0.4, -0.2) is 40.6 Å². The third-order valence-electron chi connectivity index (χ3n) is 4.61. The second kappa shape index (κ2) is 9.13. The van der Waals surface area contributed by atoms with Crippen LogP contribution in [0.1, 0.15) is 36.7 Å². The number of esters is 1. The zero-order chi connectivity index (χ0) is 21.0. The fourth-order valence-corrected chi connectivity index (χ4v) is 3.90. The number of hydrogen-bond donors (Lipinski definition) is 1. The Kier molecular flexibility index (Phi) is 6.59. The van der Waals surface area contributed by atoms with Gasteiger partial charge in [-0.25, -0.2) is 4.79 Å². The summed E-state index contributed by atoms with van der Waals surface area (Å²) in [4.78, 5) is 39.5. The SMILES string of the molecule is CC(C)N(Cc1ccccc1)C(=O)COC(=O)c1ccc2c(c1)NC(=O)[C@@H](C)S2. The second-order valence-electron chi connectivity index (χ2n) is 7.14. The van der Waals surface area contributed by atoms with Gasteiger partial charge < -0.3 is 15.0 Å². The van der Waals surface area contributed by atoms with Crippen molar-refractivity contribution in [3.8, 4) is 0 Å². The standard InChI is InChI=1S/C22H24N2O4S/c1-14(2)24(12-16-7-5-4-6-8-16)20(25)13-28-22(27)17-9-10-19-18(11-17)23-21(26)15(3)29-19/h4-11,14-15H,12-13H2,1-3H3,(H,23,26)/t15-/m1/s1. The van der Waals surface area contributed by atoms with Crippen molar-refractivity contribution >= 4 is 35.2 Å². The fourth-order valence-electron chi connectivity index (χ4n) is 2.97.